The highest BCUT2D eigenvalue weighted by molar-refractivity contribution is 5.20. The van der Waals surface area contributed by atoms with Crippen LogP contribution < -0.4 is 5.32 Å². The predicted molar refractivity (Wildman–Crippen MR) is 78.8 cm³/mol. The third-order valence-electron chi connectivity index (χ3n) is 3.88. The zero-order valence-electron chi connectivity index (χ0n) is 12.4. The lowest BCUT2D eigenvalue weighted by molar-refractivity contribution is 0.168. The van der Waals surface area contributed by atoms with Crippen molar-refractivity contribution in [3.8, 4) is 0 Å². The van der Waals surface area contributed by atoms with Gasteiger partial charge >= 0.3 is 0 Å². The van der Waals surface area contributed by atoms with E-state index in [4.69, 9.17) is 0 Å². The van der Waals surface area contributed by atoms with Gasteiger partial charge in [-0.05, 0) is 55.3 Å². The van der Waals surface area contributed by atoms with Crippen molar-refractivity contribution in [3.63, 3.8) is 0 Å². The molecule has 1 aromatic rings. The van der Waals surface area contributed by atoms with Crippen LogP contribution in [0.1, 0.15) is 52.0 Å². The number of piperidine rings is 1. The maximum Gasteiger partial charge on any atom is 0.123 e. The van der Waals surface area contributed by atoms with E-state index in [1.54, 1.807) is 6.07 Å². The van der Waals surface area contributed by atoms with Crippen molar-refractivity contribution in [3.05, 3.63) is 35.6 Å². The van der Waals surface area contributed by atoms with E-state index < -0.39 is 0 Å². The summed E-state index contributed by atoms with van der Waals surface area (Å²) in [5.41, 5.74) is 1.54. The summed E-state index contributed by atoms with van der Waals surface area (Å²) in [5, 5.41) is 3.73. The lowest BCUT2D eigenvalue weighted by Crippen LogP contribution is -2.52. The Balaban J connectivity index is 2.18. The van der Waals surface area contributed by atoms with Crippen LogP contribution in [0.25, 0.3) is 0 Å². The van der Waals surface area contributed by atoms with Gasteiger partial charge in [0.1, 0.15) is 5.82 Å². The molecule has 2 rings (SSSR count). The van der Waals surface area contributed by atoms with E-state index >= 15 is 0 Å². The van der Waals surface area contributed by atoms with E-state index in [1.807, 2.05) is 12.1 Å². The molecule has 1 aliphatic heterocycles. The number of rotatable bonds is 3. The van der Waals surface area contributed by atoms with E-state index in [-0.39, 0.29) is 16.8 Å². The molecule has 0 aromatic heterocycles. The monoisotopic (exact) mass is 263 g/mol. The summed E-state index contributed by atoms with van der Waals surface area (Å²) < 4.78 is 13.4. The van der Waals surface area contributed by atoms with Gasteiger partial charge < -0.3 is 5.32 Å². The smallest absolute Gasteiger partial charge is 0.123 e. The van der Waals surface area contributed by atoms with Gasteiger partial charge in [0.15, 0.2) is 0 Å². The molecule has 0 spiro atoms. The molecule has 0 saturated carbocycles. The average molecular weight is 263 g/mol. The van der Waals surface area contributed by atoms with Crippen molar-refractivity contribution < 1.29 is 4.39 Å². The first-order valence-corrected chi connectivity index (χ1v) is 7.38. The van der Waals surface area contributed by atoms with Gasteiger partial charge in [0.2, 0.25) is 0 Å². The predicted octanol–water partition coefficient (Wildman–Crippen LogP) is 4.32. The Labute approximate surface area is 116 Å². The number of nitrogens with one attached hydrogen (secondary N) is 1. The van der Waals surface area contributed by atoms with Crippen LogP contribution in [0, 0.1) is 11.2 Å². The van der Waals surface area contributed by atoms with E-state index in [1.165, 1.54) is 25.3 Å². The molecule has 1 N–H and O–H groups in total. The highest BCUT2D eigenvalue weighted by atomic mass is 19.1. The molecule has 0 aliphatic carbocycles. The van der Waals surface area contributed by atoms with Gasteiger partial charge in [-0.1, -0.05) is 39.3 Å². The van der Waals surface area contributed by atoms with Gasteiger partial charge in [0.05, 0.1) is 0 Å². The van der Waals surface area contributed by atoms with Gasteiger partial charge in [-0.25, -0.2) is 4.39 Å². The standard InChI is InChI=1S/C17H26FN/c1-16(2,3)13-17(9-4-5-10-19-17)12-14-7-6-8-15(18)11-14/h6-8,11,19H,4-5,9-10,12-13H2,1-3H3. The molecular weight excluding hydrogens is 237 g/mol. The second-order valence-corrected chi connectivity index (χ2v) is 7.21. The summed E-state index contributed by atoms with van der Waals surface area (Å²) in [6.07, 6.45) is 5.80. The summed E-state index contributed by atoms with van der Waals surface area (Å²) in [6.45, 7) is 7.95. The quantitative estimate of drug-likeness (QED) is 0.856. The Morgan fingerprint density at radius 2 is 2.05 bits per heavy atom. The van der Waals surface area contributed by atoms with Crippen molar-refractivity contribution in [2.45, 2.75) is 58.4 Å². The van der Waals surface area contributed by atoms with Gasteiger partial charge in [0.25, 0.3) is 0 Å². The fourth-order valence-electron chi connectivity index (χ4n) is 3.45. The van der Waals surface area contributed by atoms with Crippen LogP contribution in [0.5, 0.6) is 0 Å². The molecule has 0 amide bonds. The summed E-state index contributed by atoms with van der Waals surface area (Å²) >= 11 is 0. The van der Waals surface area contributed by atoms with Crippen molar-refractivity contribution in [2.75, 3.05) is 6.54 Å². The second-order valence-electron chi connectivity index (χ2n) is 7.21. The van der Waals surface area contributed by atoms with Gasteiger partial charge in [-0.15, -0.1) is 0 Å². The number of hydrogen-bond donors (Lipinski definition) is 1. The minimum absolute atomic E-state index is 0.126. The molecule has 2 heteroatoms. The van der Waals surface area contributed by atoms with E-state index in [9.17, 15) is 4.39 Å². The molecule has 0 bridgehead atoms. The Kier molecular flexibility index (Phi) is 4.29. The summed E-state index contributed by atoms with van der Waals surface area (Å²) in [7, 11) is 0. The summed E-state index contributed by atoms with van der Waals surface area (Å²) in [6, 6.07) is 7.07. The molecule has 1 atom stereocenters. The fourth-order valence-corrected chi connectivity index (χ4v) is 3.45. The molecule has 1 nitrogen and oxygen atoms in total. The van der Waals surface area contributed by atoms with Crippen LogP contribution in [0.3, 0.4) is 0 Å². The maximum atomic E-state index is 13.4. The van der Waals surface area contributed by atoms with Crippen LogP contribution in [0.15, 0.2) is 24.3 Å². The molecule has 1 aromatic carbocycles. The normalized spacial score (nSPS) is 24.4. The number of halogens is 1. The summed E-state index contributed by atoms with van der Waals surface area (Å²) in [4.78, 5) is 0. The first kappa shape index (κ1) is 14.5. The topological polar surface area (TPSA) is 12.0 Å². The highest BCUT2D eigenvalue weighted by Crippen LogP contribution is 2.35. The Morgan fingerprint density at radius 3 is 2.63 bits per heavy atom. The lowest BCUT2D eigenvalue weighted by atomic mass is 9.72. The van der Waals surface area contributed by atoms with Gasteiger partial charge in [0, 0.05) is 5.54 Å². The maximum absolute atomic E-state index is 13.4. The van der Waals surface area contributed by atoms with Crippen LogP contribution >= 0.6 is 0 Å². The minimum atomic E-state index is -0.126. The molecule has 1 heterocycles. The van der Waals surface area contributed by atoms with E-state index in [0.29, 0.717) is 0 Å². The zero-order chi connectivity index (χ0) is 13.9. The van der Waals surface area contributed by atoms with Crippen LogP contribution in [-0.2, 0) is 6.42 Å². The molecular formula is C17H26FN. The number of hydrogen-bond acceptors (Lipinski definition) is 1. The molecule has 1 aliphatic rings. The molecule has 1 saturated heterocycles. The average Bonchev–Trinajstić information content (AvgIpc) is 2.27. The van der Waals surface area contributed by atoms with Crippen LogP contribution in [0.4, 0.5) is 4.39 Å². The SMILES string of the molecule is CC(C)(C)CC1(Cc2cccc(F)c2)CCCCN1. The Morgan fingerprint density at radius 1 is 1.26 bits per heavy atom. The largest absolute Gasteiger partial charge is 0.311 e. The third-order valence-corrected chi connectivity index (χ3v) is 3.88. The summed E-state index contributed by atoms with van der Waals surface area (Å²) in [5.74, 6) is -0.126. The third kappa shape index (κ3) is 4.31. The number of benzene rings is 1. The molecule has 1 unspecified atom stereocenters. The first-order chi connectivity index (χ1) is 8.89. The first-order valence-electron chi connectivity index (χ1n) is 7.38. The van der Waals surface area contributed by atoms with Gasteiger partial charge in [-0.2, -0.15) is 0 Å². The second kappa shape index (κ2) is 5.62. The lowest BCUT2D eigenvalue weighted by Gasteiger charge is -2.43. The zero-order valence-corrected chi connectivity index (χ0v) is 12.4. The Bertz CT molecular complexity index is 414. The van der Waals surface area contributed by atoms with Crippen molar-refractivity contribution >= 4 is 0 Å². The molecule has 1 fully saturated rings. The fraction of sp³-hybridized carbons (Fsp3) is 0.647. The molecule has 106 valence electrons. The van der Waals surface area contributed by atoms with E-state index in [2.05, 4.69) is 26.1 Å². The minimum Gasteiger partial charge on any atom is -0.311 e. The molecule has 0 radical (unpaired) electrons. The van der Waals surface area contributed by atoms with Crippen LogP contribution in [-0.4, -0.2) is 12.1 Å². The highest BCUT2D eigenvalue weighted by Gasteiger charge is 2.35. The van der Waals surface area contributed by atoms with Gasteiger partial charge in [-0.3, -0.25) is 0 Å². The van der Waals surface area contributed by atoms with Crippen molar-refractivity contribution in [1.82, 2.24) is 5.32 Å². The van der Waals surface area contributed by atoms with E-state index in [0.717, 1.165) is 24.9 Å². The molecule has 19 heavy (non-hydrogen) atoms. The Hall–Kier alpha value is -0.890. The van der Waals surface area contributed by atoms with Crippen molar-refractivity contribution in [2.24, 2.45) is 5.41 Å². The van der Waals surface area contributed by atoms with Crippen molar-refractivity contribution in [1.29, 1.82) is 0 Å². The van der Waals surface area contributed by atoms with Crippen LogP contribution in [0.2, 0.25) is 0 Å².